The van der Waals surface area contributed by atoms with E-state index < -0.39 is 10.0 Å². The quantitative estimate of drug-likeness (QED) is 0.325. The first-order valence-electron chi connectivity index (χ1n) is 7.34. The van der Waals surface area contributed by atoms with Gasteiger partial charge in [0.25, 0.3) is 10.0 Å². The molecule has 0 spiro atoms. The summed E-state index contributed by atoms with van der Waals surface area (Å²) in [5.41, 5.74) is 2.97. The molecule has 1 aromatic heterocycles. The molecule has 0 aliphatic heterocycles. The Hall–Kier alpha value is -2.18. The zero-order valence-corrected chi connectivity index (χ0v) is 16.4. The number of nitrogens with zero attached hydrogens (tertiary/aromatic N) is 1. The minimum Gasteiger partial charge on any atom is -0.493 e. The van der Waals surface area contributed by atoms with Crippen LogP contribution in [0.3, 0.4) is 0 Å². The van der Waals surface area contributed by atoms with E-state index in [-0.39, 0.29) is 16.3 Å². The number of benzene rings is 2. The largest absolute Gasteiger partial charge is 0.493 e. The average molecular weight is 488 g/mol. The number of hydrogen-bond acceptors (Lipinski definition) is 5. The Morgan fingerprint density at radius 1 is 1.15 bits per heavy atom. The molecular formula is C16H14FIN4O3S. The normalized spacial score (nSPS) is 11.5. The number of hydrogen-bond donors (Lipinski definition) is 4. The molecule has 0 fully saturated rings. The molecule has 3 aromatic rings. The van der Waals surface area contributed by atoms with Crippen molar-refractivity contribution in [1.82, 2.24) is 15.1 Å². The molecule has 2 aromatic carbocycles. The third kappa shape index (κ3) is 3.66. The minimum absolute atomic E-state index is 0.227. The number of rotatable bonds is 5. The molecule has 0 aliphatic rings. The first-order chi connectivity index (χ1) is 12.3. The fourth-order valence-corrected chi connectivity index (χ4v) is 3.71. The summed E-state index contributed by atoms with van der Waals surface area (Å²) in [6.45, 7) is 1.94. The molecule has 26 heavy (non-hydrogen) atoms. The highest BCUT2D eigenvalue weighted by atomic mass is 127. The average Bonchev–Trinajstić information content (AvgIpc) is 3.03. The molecule has 7 nitrogen and oxygen atoms in total. The number of H-pyrrole nitrogens is 1. The van der Waals surface area contributed by atoms with Crippen LogP contribution in [0.4, 0.5) is 15.9 Å². The minimum atomic E-state index is -4.29. The lowest BCUT2D eigenvalue weighted by Gasteiger charge is -2.15. The molecular weight excluding hydrogens is 474 g/mol. The lowest BCUT2D eigenvalue weighted by Crippen LogP contribution is -2.14. The second kappa shape index (κ2) is 7.21. The van der Waals surface area contributed by atoms with Crippen molar-refractivity contribution in [2.75, 3.05) is 5.32 Å². The zero-order chi connectivity index (χ0) is 18.9. The summed E-state index contributed by atoms with van der Waals surface area (Å²) in [6, 6.07) is 9.84. The molecule has 136 valence electrons. The van der Waals surface area contributed by atoms with Gasteiger partial charge in [-0.2, -0.15) is 5.10 Å². The summed E-state index contributed by atoms with van der Waals surface area (Å²) in [6.07, 6.45) is 1.36. The van der Waals surface area contributed by atoms with E-state index in [1.54, 1.807) is 0 Å². The molecule has 0 saturated heterocycles. The van der Waals surface area contributed by atoms with E-state index in [4.69, 9.17) is 0 Å². The summed E-state index contributed by atoms with van der Waals surface area (Å²) in [7, 11) is -4.29. The lowest BCUT2D eigenvalue weighted by atomic mass is 10.1. The molecule has 0 amide bonds. The molecule has 10 heteroatoms. The van der Waals surface area contributed by atoms with E-state index in [9.17, 15) is 18.0 Å². The SMILES string of the molecule is Cc1cc(I)ccc1Nc1ccc(S(=O)(=O)NF)cc1-c1cn[nH]c1O. The highest BCUT2D eigenvalue weighted by Crippen LogP contribution is 2.36. The number of aryl methyl sites for hydroxylation is 1. The Kier molecular flexibility index (Phi) is 5.16. The Labute approximate surface area is 162 Å². The van der Waals surface area contributed by atoms with Crippen molar-refractivity contribution >= 4 is 44.0 Å². The highest BCUT2D eigenvalue weighted by Gasteiger charge is 2.19. The van der Waals surface area contributed by atoms with Gasteiger partial charge in [0.1, 0.15) is 0 Å². The van der Waals surface area contributed by atoms with Crippen molar-refractivity contribution < 1.29 is 18.0 Å². The molecule has 0 atom stereocenters. The van der Waals surface area contributed by atoms with Crippen LogP contribution in [-0.4, -0.2) is 23.7 Å². The van der Waals surface area contributed by atoms with Crippen LogP contribution in [0.5, 0.6) is 5.88 Å². The predicted molar refractivity (Wildman–Crippen MR) is 104 cm³/mol. The fraction of sp³-hybridized carbons (Fsp3) is 0.0625. The van der Waals surface area contributed by atoms with Crippen LogP contribution < -0.4 is 10.3 Å². The van der Waals surface area contributed by atoms with Crippen molar-refractivity contribution in [2.24, 2.45) is 0 Å². The molecule has 0 bridgehead atoms. The van der Waals surface area contributed by atoms with Crippen LogP contribution in [0.15, 0.2) is 47.5 Å². The van der Waals surface area contributed by atoms with Gasteiger partial charge in [0.15, 0.2) is 0 Å². The molecule has 0 unspecified atom stereocenters. The van der Waals surface area contributed by atoms with E-state index in [2.05, 4.69) is 38.1 Å². The van der Waals surface area contributed by atoms with Crippen molar-refractivity contribution in [1.29, 1.82) is 0 Å². The van der Waals surface area contributed by atoms with Crippen molar-refractivity contribution in [3.8, 4) is 17.0 Å². The second-order valence-electron chi connectivity index (χ2n) is 5.50. The molecule has 0 saturated carbocycles. The number of nitrogens with one attached hydrogen (secondary N) is 3. The van der Waals surface area contributed by atoms with Crippen LogP contribution in [0.25, 0.3) is 11.1 Å². The van der Waals surface area contributed by atoms with Gasteiger partial charge in [-0.3, -0.25) is 0 Å². The van der Waals surface area contributed by atoms with Gasteiger partial charge in [0.05, 0.1) is 16.7 Å². The van der Waals surface area contributed by atoms with Gasteiger partial charge < -0.3 is 10.4 Å². The van der Waals surface area contributed by atoms with Crippen molar-refractivity contribution in [2.45, 2.75) is 11.8 Å². The van der Waals surface area contributed by atoms with Crippen LogP contribution in [0.2, 0.25) is 0 Å². The van der Waals surface area contributed by atoms with Gasteiger partial charge in [0, 0.05) is 20.5 Å². The Balaban J connectivity index is 2.14. The third-order valence-corrected chi connectivity index (χ3v) is 5.52. The van der Waals surface area contributed by atoms with Crippen LogP contribution in [-0.2, 0) is 10.0 Å². The van der Waals surface area contributed by atoms with Gasteiger partial charge in [-0.25, -0.2) is 13.5 Å². The number of sulfonamides is 1. The van der Waals surface area contributed by atoms with Gasteiger partial charge in [0.2, 0.25) is 5.88 Å². The summed E-state index contributed by atoms with van der Waals surface area (Å²) < 4.78 is 37.3. The number of halogens is 2. The summed E-state index contributed by atoms with van der Waals surface area (Å²) in [5, 5.41) is 19.3. The number of anilines is 2. The molecule has 0 radical (unpaired) electrons. The smallest absolute Gasteiger partial charge is 0.266 e. The van der Waals surface area contributed by atoms with Crippen LogP contribution in [0, 0.1) is 10.5 Å². The predicted octanol–water partition coefficient (Wildman–Crippen LogP) is 3.60. The van der Waals surface area contributed by atoms with E-state index in [1.165, 1.54) is 24.4 Å². The Morgan fingerprint density at radius 3 is 2.50 bits per heavy atom. The Bertz CT molecular complexity index is 1070. The monoisotopic (exact) mass is 488 g/mol. The number of aromatic nitrogens is 2. The lowest BCUT2D eigenvalue weighted by molar-refractivity contribution is 0.425. The summed E-state index contributed by atoms with van der Waals surface area (Å²) in [4.78, 5) is 0.517. The topological polar surface area (TPSA) is 107 Å². The van der Waals surface area contributed by atoms with Crippen LogP contribution >= 0.6 is 22.6 Å². The van der Waals surface area contributed by atoms with Crippen LogP contribution in [0.1, 0.15) is 5.56 Å². The summed E-state index contributed by atoms with van der Waals surface area (Å²) in [5.74, 6) is -0.227. The van der Waals surface area contributed by atoms with Gasteiger partial charge in [-0.05, 0) is 76.4 Å². The van der Waals surface area contributed by atoms with E-state index in [0.717, 1.165) is 19.8 Å². The van der Waals surface area contributed by atoms with E-state index in [0.29, 0.717) is 11.3 Å². The fourth-order valence-electron chi connectivity index (χ4n) is 2.46. The second-order valence-corrected chi connectivity index (χ2v) is 8.38. The van der Waals surface area contributed by atoms with Crippen molar-refractivity contribution in [3.63, 3.8) is 0 Å². The van der Waals surface area contributed by atoms with Gasteiger partial charge in [-0.1, -0.05) is 0 Å². The number of aromatic hydroxyl groups is 1. The molecule has 1 heterocycles. The highest BCUT2D eigenvalue weighted by molar-refractivity contribution is 14.1. The summed E-state index contributed by atoms with van der Waals surface area (Å²) >= 11 is 2.21. The third-order valence-electron chi connectivity index (χ3n) is 3.77. The van der Waals surface area contributed by atoms with Crippen molar-refractivity contribution in [3.05, 3.63) is 51.7 Å². The van der Waals surface area contributed by atoms with E-state index in [1.807, 2.05) is 25.1 Å². The van der Waals surface area contributed by atoms with E-state index >= 15 is 0 Å². The first kappa shape index (κ1) is 18.6. The van der Waals surface area contributed by atoms with Gasteiger partial charge >= 0.3 is 0 Å². The maximum Gasteiger partial charge on any atom is 0.266 e. The molecule has 0 aliphatic carbocycles. The van der Waals surface area contributed by atoms with Gasteiger partial charge in [-0.15, -0.1) is 4.48 Å². The number of aromatic amines is 1. The zero-order valence-electron chi connectivity index (χ0n) is 13.4. The first-order valence-corrected chi connectivity index (χ1v) is 9.90. The molecule has 3 rings (SSSR count). The standard InChI is InChI=1S/C16H14FIN4O3S/c1-9-6-10(18)2-4-14(9)20-15-5-3-11(26(24,25)22-17)7-12(15)13-8-19-21-16(13)23/h2-8,20,22H,1H3,(H2,19,21,23). The maximum atomic E-state index is 12.6. The Morgan fingerprint density at radius 2 is 1.88 bits per heavy atom. The molecule has 4 N–H and O–H groups in total. The maximum absolute atomic E-state index is 12.6.